The molecule has 0 saturated carbocycles. The van der Waals surface area contributed by atoms with Gasteiger partial charge in [-0.3, -0.25) is 14.4 Å². The van der Waals surface area contributed by atoms with Crippen molar-refractivity contribution in [1.29, 1.82) is 0 Å². The van der Waals surface area contributed by atoms with E-state index in [4.69, 9.17) is 0 Å². The molecule has 0 fully saturated rings. The summed E-state index contributed by atoms with van der Waals surface area (Å²) in [6, 6.07) is 14.7. The third-order valence-electron chi connectivity index (χ3n) is 4.57. The average Bonchev–Trinajstić information content (AvgIpc) is 2.68. The van der Waals surface area contributed by atoms with E-state index in [0.717, 1.165) is 22.2 Å². The van der Waals surface area contributed by atoms with Gasteiger partial charge in [0.2, 0.25) is 11.8 Å². The third kappa shape index (κ3) is 5.22. The molecule has 3 aromatic rings. The zero-order valence-corrected chi connectivity index (χ0v) is 16.7. The third-order valence-corrected chi connectivity index (χ3v) is 4.57. The van der Waals surface area contributed by atoms with Gasteiger partial charge in [0.05, 0.1) is 13.0 Å². The first kappa shape index (κ1) is 20.1. The van der Waals surface area contributed by atoms with Crippen LogP contribution in [0.5, 0.6) is 0 Å². The molecule has 7 nitrogen and oxygen atoms in total. The number of benzene rings is 2. The average molecular weight is 392 g/mol. The maximum absolute atomic E-state index is 12.2. The van der Waals surface area contributed by atoms with Crippen molar-refractivity contribution in [3.8, 4) is 0 Å². The monoisotopic (exact) mass is 392 g/mol. The van der Waals surface area contributed by atoms with Crippen LogP contribution in [0.4, 0.5) is 11.4 Å². The molecule has 0 bridgehead atoms. The van der Waals surface area contributed by atoms with Crippen molar-refractivity contribution in [2.45, 2.75) is 13.3 Å². The van der Waals surface area contributed by atoms with Crippen LogP contribution >= 0.6 is 0 Å². The molecule has 2 aromatic carbocycles. The first-order chi connectivity index (χ1) is 13.8. The summed E-state index contributed by atoms with van der Waals surface area (Å²) < 4.78 is 0. The van der Waals surface area contributed by atoms with Crippen LogP contribution in [0.3, 0.4) is 0 Å². The normalized spacial score (nSPS) is 10.6. The van der Waals surface area contributed by atoms with Gasteiger partial charge in [-0.25, -0.2) is 0 Å². The van der Waals surface area contributed by atoms with Crippen LogP contribution < -0.4 is 21.1 Å². The first-order valence-electron chi connectivity index (χ1n) is 9.28. The van der Waals surface area contributed by atoms with Crippen molar-refractivity contribution >= 4 is 34.1 Å². The smallest absolute Gasteiger partial charge is 0.251 e. The topological polar surface area (TPSA) is 94.3 Å². The van der Waals surface area contributed by atoms with Crippen molar-refractivity contribution in [2.24, 2.45) is 0 Å². The van der Waals surface area contributed by atoms with E-state index in [-0.39, 0.29) is 30.3 Å². The molecule has 0 aliphatic rings. The minimum absolute atomic E-state index is 0.103. The number of aromatic amines is 1. The number of nitrogens with one attached hydrogen (secondary N) is 3. The molecule has 7 heteroatoms. The van der Waals surface area contributed by atoms with Gasteiger partial charge in [-0.15, -0.1) is 0 Å². The predicted octanol–water partition coefficient (Wildman–Crippen LogP) is 2.20. The molecule has 0 atom stereocenters. The lowest BCUT2D eigenvalue weighted by atomic mass is 10.1. The zero-order valence-electron chi connectivity index (χ0n) is 16.7. The summed E-state index contributed by atoms with van der Waals surface area (Å²) in [6.07, 6.45) is 0.152. The van der Waals surface area contributed by atoms with Crippen LogP contribution in [0.2, 0.25) is 0 Å². The molecule has 0 aliphatic heterocycles. The largest absolute Gasteiger partial charge is 0.378 e. The van der Waals surface area contributed by atoms with Crippen LogP contribution in [0.15, 0.2) is 53.3 Å². The summed E-state index contributed by atoms with van der Waals surface area (Å²) in [5, 5.41) is 6.26. The highest BCUT2D eigenvalue weighted by Gasteiger charge is 2.08. The minimum atomic E-state index is -0.289. The van der Waals surface area contributed by atoms with Gasteiger partial charge in [-0.2, -0.15) is 0 Å². The summed E-state index contributed by atoms with van der Waals surface area (Å²) in [7, 11) is 3.89. The van der Waals surface area contributed by atoms with E-state index in [1.807, 2.05) is 49.3 Å². The standard InChI is InChI=1S/C22H24N4O3/c1-14-10-16-11-15(4-9-19(16)25-22(14)29)12-20(27)23-13-21(28)24-17-5-7-18(8-6-17)26(2)3/h4-11H,12-13H2,1-3H3,(H,23,27)(H,24,28)(H,25,29). The molecule has 3 N–H and O–H groups in total. The van der Waals surface area contributed by atoms with E-state index < -0.39 is 0 Å². The molecule has 1 heterocycles. The Morgan fingerprint density at radius 1 is 1.00 bits per heavy atom. The SMILES string of the molecule is Cc1cc2cc(CC(=O)NCC(=O)Nc3ccc(N(C)C)cc3)ccc2[nH]c1=O. The number of hydrogen-bond acceptors (Lipinski definition) is 4. The van der Waals surface area contributed by atoms with Crippen molar-refractivity contribution in [1.82, 2.24) is 10.3 Å². The Balaban J connectivity index is 1.54. The van der Waals surface area contributed by atoms with Crippen LogP contribution in [-0.2, 0) is 16.0 Å². The van der Waals surface area contributed by atoms with Gasteiger partial charge >= 0.3 is 0 Å². The number of carbonyl (C=O) groups excluding carboxylic acids is 2. The quantitative estimate of drug-likeness (QED) is 0.599. The molecular weight excluding hydrogens is 368 g/mol. The minimum Gasteiger partial charge on any atom is -0.378 e. The van der Waals surface area contributed by atoms with Crippen LogP contribution in [0, 0.1) is 6.92 Å². The van der Waals surface area contributed by atoms with Crippen molar-refractivity contribution in [3.05, 3.63) is 70.0 Å². The van der Waals surface area contributed by atoms with Gasteiger partial charge in [0.1, 0.15) is 0 Å². The van der Waals surface area contributed by atoms with Crippen molar-refractivity contribution < 1.29 is 9.59 Å². The van der Waals surface area contributed by atoms with E-state index in [1.165, 1.54) is 0 Å². The second kappa shape index (κ2) is 8.60. The zero-order chi connectivity index (χ0) is 21.0. The Hall–Kier alpha value is -3.61. The fourth-order valence-electron chi connectivity index (χ4n) is 2.95. The molecule has 0 saturated heterocycles. The highest BCUT2D eigenvalue weighted by atomic mass is 16.2. The number of hydrogen-bond donors (Lipinski definition) is 3. The Labute approximate surface area is 168 Å². The Morgan fingerprint density at radius 2 is 1.72 bits per heavy atom. The first-order valence-corrected chi connectivity index (χ1v) is 9.28. The summed E-state index contributed by atoms with van der Waals surface area (Å²) in [4.78, 5) is 40.7. The number of anilines is 2. The molecule has 2 amide bonds. The molecule has 0 radical (unpaired) electrons. The number of rotatable bonds is 6. The summed E-state index contributed by atoms with van der Waals surface area (Å²) in [5.41, 5.74) is 3.74. The number of nitrogens with zero attached hydrogens (tertiary/aromatic N) is 1. The molecule has 0 spiro atoms. The molecule has 0 aliphatic carbocycles. The molecule has 150 valence electrons. The summed E-state index contributed by atoms with van der Waals surface area (Å²) in [5.74, 6) is -0.536. The highest BCUT2D eigenvalue weighted by molar-refractivity contribution is 5.95. The van der Waals surface area contributed by atoms with E-state index in [2.05, 4.69) is 15.6 Å². The summed E-state index contributed by atoms with van der Waals surface area (Å²) in [6.45, 7) is 1.64. The van der Waals surface area contributed by atoms with Crippen LogP contribution in [0.25, 0.3) is 10.9 Å². The maximum atomic E-state index is 12.2. The summed E-state index contributed by atoms with van der Waals surface area (Å²) >= 11 is 0. The molecule has 1 aromatic heterocycles. The van der Waals surface area contributed by atoms with Gasteiger partial charge < -0.3 is 20.5 Å². The second-order valence-electron chi connectivity index (χ2n) is 7.15. The number of amides is 2. The van der Waals surface area contributed by atoms with E-state index in [1.54, 1.807) is 25.1 Å². The van der Waals surface area contributed by atoms with Crippen LogP contribution in [0.1, 0.15) is 11.1 Å². The Kier molecular flexibility index (Phi) is 5.97. The molecule has 29 heavy (non-hydrogen) atoms. The number of carbonyl (C=O) groups is 2. The number of fused-ring (bicyclic) bond motifs is 1. The highest BCUT2D eigenvalue weighted by Crippen LogP contribution is 2.16. The van der Waals surface area contributed by atoms with E-state index >= 15 is 0 Å². The van der Waals surface area contributed by atoms with Crippen molar-refractivity contribution in [2.75, 3.05) is 30.9 Å². The Bertz CT molecular complexity index is 1100. The van der Waals surface area contributed by atoms with Gasteiger partial charge in [-0.1, -0.05) is 6.07 Å². The van der Waals surface area contributed by atoms with E-state index in [0.29, 0.717) is 11.3 Å². The lowest BCUT2D eigenvalue weighted by molar-refractivity contribution is -0.123. The number of pyridine rings is 1. The molecule has 0 unspecified atom stereocenters. The van der Waals surface area contributed by atoms with Crippen molar-refractivity contribution in [3.63, 3.8) is 0 Å². The molecule has 3 rings (SSSR count). The maximum Gasteiger partial charge on any atom is 0.251 e. The number of H-pyrrole nitrogens is 1. The van der Waals surface area contributed by atoms with Gasteiger partial charge in [-0.05, 0) is 60.3 Å². The fourth-order valence-corrected chi connectivity index (χ4v) is 2.95. The second-order valence-corrected chi connectivity index (χ2v) is 7.15. The lowest BCUT2D eigenvalue weighted by Crippen LogP contribution is -2.33. The Morgan fingerprint density at radius 3 is 2.41 bits per heavy atom. The number of aromatic nitrogens is 1. The van der Waals surface area contributed by atoms with Gasteiger partial charge in [0.25, 0.3) is 5.56 Å². The molecular formula is C22H24N4O3. The number of aryl methyl sites for hydroxylation is 1. The van der Waals surface area contributed by atoms with E-state index in [9.17, 15) is 14.4 Å². The van der Waals surface area contributed by atoms with Crippen LogP contribution in [-0.4, -0.2) is 37.4 Å². The van der Waals surface area contributed by atoms with Gasteiger partial charge in [0.15, 0.2) is 0 Å². The fraction of sp³-hybridized carbons (Fsp3) is 0.227. The van der Waals surface area contributed by atoms with Gasteiger partial charge in [0, 0.05) is 36.6 Å². The lowest BCUT2D eigenvalue weighted by Gasteiger charge is -2.13. The predicted molar refractivity (Wildman–Crippen MR) is 115 cm³/mol.